The van der Waals surface area contributed by atoms with Crippen LogP contribution in [0.5, 0.6) is 0 Å². The van der Waals surface area contributed by atoms with Gasteiger partial charge in [-0.2, -0.15) is 9.97 Å². The van der Waals surface area contributed by atoms with Gasteiger partial charge in [0.25, 0.3) is 0 Å². The summed E-state index contributed by atoms with van der Waals surface area (Å²) in [6.45, 7) is 2.44. The molecule has 3 rings (SSSR count). The Balaban J connectivity index is 1.78. The van der Waals surface area contributed by atoms with E-state index < -0.39 is 37.5 Å². The van der Waals surface area contributed by atoms with E-state index in [9.17, 15) is 24.4 Å². The SMILES string of the molecule is CNc1nc(=O)n2ccn([C@@H]3O[C@H](COP(=O)(OCCSC(C)=O)N(C)C)[C@H](O)C3(C)O)c2n1. The first kappa shape index (κ1) is 26.8. The van der Waals surface area contributed by atoms with Crippen LogP contribution in [0, 0.1) is 0 Å². The minimum Gasteiger partial charge on any atom is -0.387 e. The van der Waals surface area contributed by atoms with Gasteiger partial charge >= 0.3 is 13.4 Å². The molecule has 2 unspecified atom stereocenters. The van der Waals surface area contributed by atoms with Crippen LogP contribution < -0.4 is 11.0 Å². The molecule has 2 aromatic rings. The van der Waals surface area contributed by atoms with Crippen molar-refractivity contribution in [1.29, 1.82) is 0 Å². The van der Waals surface area contributed by atoms with Crippen LogP contribution in [0.15, 0.2) is 17.2 Å². The highest BCUT2D eigenvalue weighted by Crippen LogP contribution is 2.51. The van der Waals surface area contributed by atoms with E-state index in [2.05, 4.69) is 15.3 Å². The number of rotatable bonds is 10. The van der Waals surface area contributed by atoms with E-state index in [1.54, 1.807) is 7.05 Å². The molecule has 2 aromatic heterocycles. The molecule has 16 heteroatoms. The molecule has 3 N–H and O–H groups in total. The Hall–Kier alpha value is -1.84. The summed E-state index contributed by atoms with van der Waals surface area (Å²) in [7, 11) is 0.817. The number of nitrogens with one attached hydrogen (secondary N) is 1. The van der Waals surface area contributed by atoms with Crippen molar-refractivity contribution in [2.24, 2.45) is 0 Å². The van der Waals surface area contributed by atoms with E-state index in [0.717, 1.165) is 11.8 Å². The molecule has 1 saturated heterocycles. The van der Waals surface area contributed by atoms with E-state index in [4.69, 9.17) is 13.8 Å². The van der Waals surface area contributed by atoms with Gasteiger partial charge in [-0.25, -0.2) is 18.4 Å². The molecule has 0 bridgehead atoms. The Morgan fingerprint density at radius 3 is 2.71 bits per heavy atom. The predicted octanol–water partition coefficient (Wildman–Crippen LogP) is -0.0754. The molecule has 0 radical (unpaired) electrons. The van der Waals surface area contributed by atoms with E-state index in [-0.39, 0.29) is 30.1 Å². The molecule has 3 heterocycles. The number of thioether (sulfide) groups is 1. The average molecular weight is 521 g/mol. The molecule has 1 aliphatic heterocycles. The van der Waals surface area contributed by atoms with Crippen molar-refractivity contribution >= 4 is 36.3 Å². The van der Waals surface area contributed by atoms with Crippen molar-refractivity contribution in [1.82, 2.24) is 23.6 Å². The van der Waals surface area contributed by atoms with Gasteiger partial charge in [-0.15, -0.1) is 0 Å². The summed E-state index contributed by atoms with van der Waals surface area (Å²) in [4.78, 5) is 31.3. The first-order chi connectivity index (χ1) is 15.9. The van der Waals surface area contributed by atoms with Crippen molar-refractivity contribution in [3.63, 3.8) is 0 Å². The fourth-order valence-corrected chi connectivity index (χ4v) is 5.14. The number of anilines is 1. The van der Waals surface area contributed by atoms with Crippen LogP contribution in [-0.4, -0.2) is 96.9 Å². The van der Waals surface area contributed by atoms with Gasteiger partial charge in [0.1, 0.15) is 17.8 Å². The molecule has 0 saturated carbocycles. The van der Waals surface area contributed by atoms with E-state index in [0.29, 0.717) is 5.75 Å². The van der Waals surface area contributed by atoms with Gasteiger partial charge in [0.2, 0.25) is 11.7 Å². The normalized spacial score (nSPS) is 26.8. The molecular weight excluding hydrogens is 491 g/mol. The Labute approximate surface area is 199 Å². The number of ether oxygens (including phenoxy) is 1. The Morgan fingerprint density at radius 2 is 2.09 bits per heavy atom. The van der Waals surface area contributed by atoms with Crippen LogP contribution in [0.2, 0.25) is 0 Å². The van der Waals surface area contributed by atoms with Crippen LogP contribution in [0.25, 0.3) is 5.78 Å². The topological polar surface area (TPSA) is 170 Å². The summed E-state index contributed by atoms with van der Waals surface area (Å²) in [5, 5.41) is 24.4. The fraction of sp³-hybridized carbons (Fsp3) is 0.667. The minimum absolute atomic E-state index is 0.00569. The molecular formula is C18H29N6O8PS. The number of imidazole rings is 1. The Kier molecular flexibility index (Phi) is 8.20. The third-order valence-corrected chi connectivity index (χ3v) is 7.94. The Morgan fingerprint density at radius 1 is 1.38 bits per heavy atom. The average Bonchev–Trinajstić information content (AvgIpc) is 3.28. The number of hydrogen-bond donors (Lipinski definition) is 3. The summed E-state index contributed by atoms with van der Waals surface area (Å²) in [6, 6.07) is 0. The maximum absolute atomic E-state index is 13.1. The van der Waals surface area contributed by atoms with E-state index >= 15 is 0 Å². The predicted molar refractivity (Wildman–Crippen MR) is 124 cm³/mol. The number of nitrogens with zero attached hydrogens (tertiary/aromatic N) is 5. The van der Waals surface area contributed by atoms with Gasteiger partial charge in [0.15, 0.2) is 11.3 Å². The highest BCUT2D eigenvalue weighted by Gasteiger charge is 2.54. The highest BCUT2D eigenvalue weighted by atomic mass is 32.2. The molecule has 0 aromatic carbocycles. The first-order valence-corrected chi connectivity index (χ1v) is 12.8. The highest BCUT2D eigenvalue weighted by molar-refractivity contribution is 8.13. The third-order valence-electron chi connectivity index (χ3n) is 5.20. The molecule has 190 valence electrons. The summed E-state index contributed by atoms with van der Waals surface area (Å²) in [5.41, 5.74) is -2.40. The zero-order valence-electron chi connectivity index (χ0n) is 19.4. The van der Waals surface area contributed by atoms with Gasteiger partial charge in [-0.3, -0.25) is 18.4 Å². The number of hydrogen-bond acceptors (Lipinski definition) is 12. The van der Waals surface area contributed by atoms with Crippen molar-refractivity contribution < 1.29 is 33.4 Å². The van der Waals surface area contributed by atoms with Crippen LogP contribution >= 0.6 is 19.5 Å². The smallest absolute Gasteiger partial charge is 0.387 e. The first-order valence-electron chi connectivity index (χ1n) is 10.3. The van der Waals surface area contributed by atoms with Crippen molar-refractivity contribution in [3.8, 4) is 0 Å². The van der Waals surface area contributed by atoms with Gasteiger partial charge in [-0.1, -0.05) is 11.8 Å². The lowest BCUT2D eigenvalue weighted by Crippen LogP contribution is -2.44. The maximum atomic E-state index is 13.1. The Bertz CT molecular complexity index is 1140. The number of fused-ring (bicyclic) bond motifs is 1. The molecule has 0 aliphatic carbocycles. The number of aliphatic hydroxyl groups excluding tert-OH is 1. The standard InChI is InChI=1S/C18H29N6O8PS/c1-11(25)34-9-8-30-33(29,22(4)5)31-10-12-13(26)18(2,28)14(32-12)23-6-7-24-16(23)20-15(19-3)21-17(24)27/h6-7,12-14,26,28H,8-10H2,1-5H3,(H,19,21,27)/t12-,13+,14-,18?,33?/m1/s1. The third kappa shape index (κ3) is 5.36. The monoisotopic (exact) mass is 520 g/mol. The van der Waals surface area contributed by atoms with Gasteiger partial charge in [-0.05, 0) is 21.0 Å². The van der Waals surface area contributed by atoms with Crippen molar-refractivity contribution in [3.05, 3.63) is 22.9 Å². The number of carbonyl (C=O) groups is 1. The lowest BCUT2D eigenvalue weighted by Gasteiger charge is -2.27. The molecule has 14 nitrogen and oxygen atoms in total. The molecule has 0 spiro atoms. The van der Waals surface area contributed by atoms with Gasteiger partial charge in [0.05, 0.1) is 13.2 Å². The van der Waals surface area contributed by atoms with Crippen molar-refractivity contribution in [2.45, 2.75) is 37.9 Å². The summed E-state index contributed by atoms with van der Waals surface area (Å²) < 4.78 is 33.7. The van der Waals surface area contributed by atoms with Gasteiger partial charge < -0.3 is 20.3 Å². The number of aliphatic hydroxyl groups is 2. The number of aromatic nitrogens is 4. The zero-order chi connectivity index (χ0) is 25.3. The second-order valence-corrected chi connectivity index (χ2v) is 11.5. The minimum atomic E-state index is -3.75. The second-order valence-electron chi connectivity index (χ2n) is 7.94. The molecule has 34 heavy (non-hydrogen) atoms. The lowest BCUT2D eigenvalue weighted by atomic mass is 9.97. The van der Waals surface area contributed by atoms with Crippen molar-refractivity contribution in [2.75, 3.05) is 45.4 Å². The van der Waals surface area contributed by atoms with E-state index in [1.165, 1.54) is 54.0 Å². The van der Waals surface area contributed by atoms with Crippen LogP contribution in [-0.2, 0) is 23.1 Å². The van der Waals surface area contributed by atoms with Crippen LogP contribution in [0.1, 0.15) is 20.1 Å². The lowest BCUT2D eigenvalue weighted by molar-refractivity contribution is -0.109. The van der Waals surface area contributed by atoms with Crippen LogP contribution in [0.3, 0.4) is 0 Å². The van der Waals surface area contributed by atoms with Crippen LogP contribution in [0.4, 0.5) is 5.95 Å². The summed E-state index contributed by atoms with van der Waals surface area (Å²) in [5.74, 6) is 0.510. The quantitative estimate of drug-likeness (QED) is 0.281. The summed E-state index contributed by atoms with van der Waals surface area (Å²) >= 11 is 1.03. The molecule has 5 atom stereocenters. The van der Waals surface area contributed by atoms with Gasteiger partial charge in [0, 0.05) is 32.1 Å². The molecule has 0 amide bonds. The zero-order valence-corrected chi connectivity index (χ0v) is 21.2. The maximum Gasteiger partial charge on any atom is 0.407 e. The largest absolute Gasteiger partial charge is 0.407 e. The number of carbonyl (C=O) groups excluding carboxylic acids is 1. The van der Waals surface area contributed by atoms with E-state index in [1.807, 2.05) is 0 Å². The fourth-order valence-electron chi connectivity index (χ4n) is 3.37. The second kappa shape index (κ2) is 10.4. The molecule has 1 fully saturated rings. The summed E-state index contributed by atoms with van der Waals surface area (Å²) in [6.07, 6.45) is -0.767. The molecule has 1 aliphatic rings.